The van der Waals surface area contributed by atoms with Crippen LogP contribution in [-0.4, -0.2) is 40.0 Å². The molecule has 3 rings (SSSR count). The van der Waals surface area contributed by atoms with Crippen LogP contribution >= 0.6 is 0 Å². The van der Waals surface area contributed by atoms with E-state index < -0.39 is 11.7 Å². The number of nitrogens with zero attached hydrogens (tertiary/aromatic N) is 3. The molecular formula is C22H22N4O4. The molecule has 0 unspecified atom stereocenters. The Morgan fingerprint density at radius 1 is 1.13 bits per heavy atom. The molecule has 0 fully saturated rings. The number of carbonyl (C=O) groups is 1. The number of nitrogens with one attached hydrogen (secondary N) is 1. The molecule has 0 aliphatic carbocycles. The monoisotopic (exact) mass is 406 g/mol. The van der Waals surface area contributed by atoms with Gasteiger partial charge in [0.1, 0.15) is 18.0 Å². The maximum atomic E-state index is 11.7. The second-order valence-corrected chi connectivity index (χ2v) is 7.18. The van der Waals surface area contributed by atoms with E-state index in [9.17, 15) is 4.79 Å². The number of hydrogen-bond acceptors (Lipinski definition) is 7. The highest BCUT2D eigenvalue weighted by molar-refractivity contribution is 5.67. The fraction of sp³-hybridized carbons (Fsp3) is 0.273. The number of para-hydroxylation sites is 1. The van der Waals surface area contributed by atoms with Crippen LogP contribution in [0.15, 0.2) is 53.2 Å². The number of carbonyl (C=O) groups excluding carboxylic acids is 1. The average molecular weight is 406 g/mol. The molecule has 0 bridgehead atoms. The first-order valence-corrected chi connectivity index (χ1v) is 9.35. The van der Waals surface area contributed by atoms with E-state index in [0.717, 1.165) is 5.56 Å². The molecule has 0 spiro atoms. The van der Waals surface area contributed by atoms with Crippen molar-refractivity contribution in [1.29, 1.82) is 0 Å². The molecule has 0 radical (unpaired) electrons. The summed E-state index contributed by atoms with van der Waals surface area (Å²) in [4.78, 5) is 15.7. The van der Waals surface area contributed by atoms with Gasteiger partial charge in [-0.25, -0.2) is 4.79 Å². The first kappa shape index (κ1) is 20.9. The smallest absolute Gasteiger partial charge is 0.407 e. The zero-order valence-corrected chi connectivity index (χ0v) is 17.0. The van der Waals surface area contributed by atoms with Crippen LogP contribution in [0.5, 0.6) is 5.75 Å². The van der Waals surface area contributed by atoms with Crippen molar-refractivity contribution in [3.8, 4) is 29.0 Å². The summed E-state index contributed by atoms with van der Waals surface area (Å²) in [6.07, 6.45) is 2.84. The van der Waals surface area contributed by atoms with E-state index in [1.807, 2.05) is 24.3 Å². The highest BCUT2D eigenvalue weighted by Crippen LogP contribution is 2.28. The lowest BCUT2D eigenvalue weighted by atomic mass is 10.2. The van der Waals surface area contributed by atoms with Crippen LogP contribution in [0.4, 0.5) is 4.79 Å². The van der Waals surface area contributed by atoms with Crippen LogP contribution in [0.25, 0.3) is 11.5 Å². The number of amides is 1. The topological polar surface area (TPSA) is 99.4 Å². The largest absolute Gasteiger partial charge is 0.491 e. The van der Waals surface area contributed by atoms with Gasteiger partial charge in [0.15, 0.2) is 0 Å². The van der Waals surface area contributed by atoms with Crippen molar-refractivity contribution in [2.24, 2.45) is 0 Å². The fourth-order valence-electron chi connectivity index (χ4n) is 2.34. The third-order valence-electron chi connectivity index (χ3n) is 3.55. The van der Waals surface area contributed by atoms with Gasteiger partial charge in [0, 0.05) is 18.0 Å². The van der Waals surface area contributed by atoms with E-state index in [-0.39, 0.29) is 19.0 Å². The molecular weight excluding hydrogens is 384 g/mol. The van der Waals surface area contributed by atoms with Gasteiger partial charge in [-0.3, -0.25) is 4.98 Å². The number of hydrogen-bond donors (Lipinski definition) is 1. The molecule has 1 amide bonds. The summed E-state index contributed by atoms with van der Waals surface area (Å²) in [7, 11) is 0. The van der Waals surface area contributed by atoms with Gasteiger partial charge < -0.3 is 19.2 Å². The highest BCUT2D eigenvalue weighted by atomic mass is 16.6. The van der Waals surface area contributed by atoms with E-state index in [0.29, 0.717) is 17.2 Å². The van der Waals surface area contributed by atoms with Crippen molar-refractivity contribution < 1.29 is 18.7 Å². The molecule has 8 nitrogen and oxygen atoms in total. The Hall–Kier alpha value is -3.86. The summed E-state index contributed by atoms with van der Waals surface area (Å²) >= 11 is 0. The lowest BCUT2D eigenvalue weighted by Crippen LogP contribution is -2.34. The van der Waals surface area contributed by atoms with Gasteiger partial charge in [-0.05, 0) is 51.0 Å². The minimum absolute atomic E-state index is 0.190. The molecule has 1 aromatic carbocycles. The van der Waals surface area contributed by atoms with Gasteiger partial charge >= 0.3 is 6.09 Å². The number of alkyl carbamates (subject to hydrolysis) is 1. The molecule has 3 aromatic rings. The van der Waals surface area contributed by atoms with Crippen LogP contribution in [0.1, 0.15) is 32.2 Å². The number of ether oxygens (including phenoxy) is 2. The van der Waals surface area contributed by atoms with Crippen LogP contribution < -0.4 is 10.1 Å². The third-order valence-corrected chi connectivity index (χ3v) is 3.55. The van der Waals surface area contributed by atoms with Crippen LogP contribution in [0.3, 0.4) is 0 Å². The molecule has 154 valence electrons. The molecule has 8 heteroatoms. The van der Waals surface area contributed by atoms with Crippen molar-refractivity contribution in [2.75, 3.05) is 13.2 Å². The van der Waals surface area contributed by atoms with Crippen LogP contribution in [0, 0.1) is 11.8 Å². The number of pyridine rings is 1. The predicted molar refractivity (Wildman–Crippen MR) is 110 cm³/mol. The summed E-state index contributed by atoms with van der Waals surface area (Å²) in [5, 5.41) is 10.7. The zero-order chi connectivity index (χ0) is 21.4. The Morgan fingerprint density at radius 2 is 1.97 bits per heavy atom. The van der Waals surface area contributed by atoms with E-state index in [1.54, 1.807) is 45.3 Å². The summed E-state index contributed by atoms with van der Waals surface area (Å²) in [6, 6.07) is 10.9. The average Bonchev–Trinajstić information content (AvgIpc) is 3.18. The first-order chi connectivity index (χ1) is 14.4. The molecule has 0 saturated carbocycles. The van der Waals surface area contributed by atoms with Crippen LogP contribution in [-0.2, 0) is 4.74 Å². The van der Waals surface area contributed by atoms with E-state index in [4.69, 9.17) is 13.9 Å². The maximum absolute atomic E-state index is 11.7. The van der Waals surface area contributed by atoms with Crippen molar-refractivity contribution in [3.63, 3.8) is 0 Å². The Balaban J connectivity index is 1.61. The van der Waals surface area contributed by atoms with Crippen molar-refractivity contribution in [3.05, 3.63) is 60.2 Å². The molecule has 2 aromatic heterocycles. The van der Waals surface area contributed by atoms with Gasteiger partial charge in [0.2, 0.25) is 0 Å². The Labute approximate surface area is 174 Å². The molecule has 30 heavy (non-hydrogen) atoms. The predicted octanol–water partition coefficient (Wildman–Crippen LogP) is 3.43. The van der Waals surface area contributed by atoms with Gasteiger partial charge in [0.05, 0.1) is 12.1 Å². The second-order valence-electron chi connectivity index (χ2n) is 7.18. The molecule has 1 N–H and O–H groups in total. The lowest BCUT2D eigenvalue weighted by molar-refractivity contribution is 0.0520. The van der Waals surface area contributed by atoms with E-state index >= 15 is 0 Å². The van der Waals surface area contributed by atoms with Gasteiger partial charge in [-0.2, -0.15) is 0 Å². The first-order valence-electron chi connectivity index (χ1n) is 9.35. The molecule has 0 saturated heterocycles. The zero-order valence-electron chi connectivity index (χ0n) is 17.0. The number of benzene rings is 1. The standard InChI is InChI=1S/C22H22N4O4/c1-22(2,3)30-21(27)24-13-14-28-18-9-5-4-8-17(18)20-26-25-19(29-20)11-10-16-7-6-12-23-15-16/h4-9,12,15H,13-14H2,1-3H3,(H,24,27). The summed E-state index contributed by atoms with van der Waals surface area (Å²) in [5.74, 6) is 6.78. The molecule has 0 aliphatic heterocycles. The lowest BCUT2D eigenvalue weighted by Gasteiger charge is -2.19. The Bertz CT molecular complexity index is 1050. The molecule has 0 aliphatic rings. The number of rotatable bonds is 5. The van der Waals surface area contributed by atoms with Crippen LogP contribution in [0.2, 0.25) is 0 Å². The van der Waals surface area contributed by atoms with Crippen molar-refractivity contribution in [1.82, 2.24) is 20.5 Å². The van der Waals surface area contributed by atoms with E-state index in [1.165, 1.54) is 0 Å². The maximum Gasteiger partial charge on any atom is 0.407 e. The summed E-state index contributed by atoms with van der Waals surface area (Å²) in [6.45, 7) is 5.95. The summed E-state index contributed by atoms with van der Waals surface area (Å²) in [5.41, 5.74) is 0.836. The van der Waals surface area contributed by atoms with Gasteiger partial charge in [-0.1, -0.05) is 23.2 Å². The second kappa shape index (κ2) is 9.56. The Morgan fingerprint density at radius 3 is 2.73 bits per heavy atom. The normalized spacial score (nSPS) is 10.6. The quantitative estimate of drug-likeness (QED) is 0.512. The minimum Gasteiger partial charge on any atom is -0.491 e. The van der Waals surface area contributed by atoms with Crippen molar-refractivity contribution >= 4 is 6.09 Å². The molecule has 2 heterocycles. The Kier molecular flexibility index (Phi) is 6.65. The SMILES string of the molecule is CC(C)(C)OC(=O)NCCOc1ccccc1-c1nnc(C#Cc2cccnc2)o1. The molecule has 0 atom stereocenters. The summed E-state index contributed by atoms with van der Waals surface area (Å²) < 4.78 is 16.6. The van der Waals surface area contributed by atoms with Crippen molar-refractivity contribution in [2.45, 2.75) is 26.4 Å². The fourth-order valence-corrected chi connectivity index (χ4v) is 2.34. The minimum atomic E-state index is -0.548. The highest BCUT2D eigenvalue weighted by Gasteiger charge is 2.16. The van der Waals surface area contributed by atoms with E-state index in [2.05, 4.69) is 32.3 Å². The van der Waals surface area contributed by atoms with Gasteiger partial charge in [-0.15, -0.1) is 5.10 Å². The number of aromatic nitrogens is 3. The third kappa shape index (κ3) is 6.34. The van der Waals surface area contributed by atoms with Gasteiger partial charge in [0.25, 0.3) is 11.8 Å².